The van der Waals surface area contributed by atoms with Gasteiger partial charge in [-0.05, 0) is 61.2 Å². The molecule has 0 unspecified atom stereocenters. The number of fused-ring (bicyclic) bond motifs is 1. The number of phenols is 1. The molecule has 2 aromatic heterocycles. The molecule has 0 atom stereocenters. The van der Waals surface area contributed by atoms with E-state index in [0.29, 0.717) is 17.5 Å². The summed E-state index contributed by atoms with van der Waals surface area (Å²) in [6, 6.07) is 13.2. The van der Waals surface area contributed by atoms with Gasteiger partial charge in [-0.15, -0.1) is 11.3 Å². The van der Waals surface area contributed by atoms with Gasteiger partial charge in [-0.2, -0.15) is 15.0 Å². The van der Waals surface area contributed by atoms with Crippen molar-refractivity contribution in [3.8, 4) is 16.3 Å². The second-order valence-electron chi connectivity index (χ2n) is 7.12. The van der Waals surface area contributed by atoms with Crippen LogP contribution < -0.4 is 10.2 Å². The average molecular weight is 439 g/mol. The number of hydrogen-bond donors (Lipinski definition) is 2. The number of anilines is 3. The molecular formula is C21H19ClN6OS. The number of para-hydroxylation sites is 1. The number of benzene rings is 2. The lowest BCUT2D eigenvalue weighted by atomic mass is 10.1. The molecule has 3 heterocycles. The van der Waals surface area contributed by atoms with E-state index in [0.717, 1.165) is 46.8 Å². The Morgan fingerprint density at radius 1 is 0.967 bits per heavy atom. The van der Waals surface area contributed by atoms with Crippen LogP contribution in [0.25, 0.3) is 20.8 Å². The van der Waals surface area contributed by atoms with Crippen molar-refractivity contribution in [2.24, 2.45) is 0 Å². The number of hydrogen-bond acceptors (Lipinski definition) is 8. The lowest BCUT2D eigenvalue weighted by Gasteiger charge is -2.26. The van der Waals surface area contributed by atoms with Gasteiger partial charge < -0.3 is 15.3 Å². The van der Waals surface area contributed by atoms with E-state index in [9.17, 15) is 5.11 Å². The van der Waals surface area contributed by atoms with Gasteiger partial charge in [-0.3, -0.25) is 0 Å². The number of thiazole rings is 1. The molecule has 0 bridgehead atoms. The second-order valence-corrected chi connectivity index (χ2v) is 8.49. The fraction of sp³-hybridized carbons (Fsp3) is 0.238. The molecule has 7 nitrogen and oxygen atoms in total. The number of nitrogens with one attached hydrogen (secondary N) is 1. The van der Waals surface area contributed by atoms with E-state index < -0.39 is 0 Å². The molecule has 0 amide bonds. The summed E-state index contributed by atoms with van der Waals surface area (Å²) in [6.45, 7) is 1.83. The Morgan fingerprint density at radius 2 is 1.80 bits per heavy atom. The number of piperidine rings is 1. The third kappa shape index (κ3) is 3.88. The highest BCUT2D eigenvalue weighted by atomic mass is 35.5. The van der Waals surface area contributed by atoms with E-state index in [2.05, 4.69) is 30.2 Å². The highest BCUT2D eigenvalue weighted by Crippen LogP contribution is 2.37. The third-order valence-electron chi connectivity index (χ3n) is 5.01. The number of phenolic OH excluding ortho intramolecular Hbond substituents is 1. The monoisotopic (exact) mass is 438 g/mol. The van der Waals surface area contributed by atoms with E-state index in [-0.39, 0.29) is 11.0 Å². The van der Waals surface area contributed by atoms with Gasteiger partial charge in [0.2, 0.25) is 17.2 Å². The first kappa shape index (κ1) is 19.0. The minimum absolute atomic E-state index is 0.151. The lowest BCUT2D eigenvalue weighted by Crippen LogP contribution is -2.31. The number of halogens is 1. The second kappa shape index (κ2) is 8.04. The van der Waals surface area contributed by atoms with Crippen molar-refractivity contribution >= 4 is 50.7 Å². The largest absolute Gasteiger partial charge is 0.507 e. The molecule has 1 aliphatic heterocycles. The highest BCUT2D eigenvalue weighted by Gasteiger charge is 2.17. The molecule has 0 radical (unpaired) electrons. The summed E-state index contributed by atoms with van der Waals surface area (Å²) in [5.41, 5.74) is 2.29. The van der Waals surface area contributed by atoms with Crippen molar-refractivity contribution in [2.75, 3.05) is 23.3 Å². The average Bonchev–Trinajstić information content (AvgIpc) is 3.19. The molecule has 4 aromatic rings. The van der Waals surface area contributed by atoms with Gasteiger partial charge in [-0.1, -0.05) is 12.1 Å². The van der Waals surface area contributed by atoms with Crippen LogP contribution in [0.1, 0.15) is 19.3 Å². The number of aromatic nitrogens is 4. The summed E-state index contributed by atoms with van der Waals surface area (Å²) in [5.74, 6) is 1.13. The highest BCUT2D eigenvalue weighted by molar-refractivity contribution is 7.21. The molecular weight excluding hydrogens is 420 g/mol. The molecule has 1 aliphatic rings. The van der Waals surface area contributed by atoms with Gasteiger partial charge in [0, 0.05) is 18.8 Å². The Labute approximate surface area is 182 Å². The molecule has 1 fully saturated rings. The van der Waals surface area contributed by atoms with Gasteiger partial charge in [0.25, 0.3) is 0 Å². The molecule has 1 saturated heterocycles. The van der Waals surface area contributed by atoms with E-state index in [4.69, 9.17) is 11.6 Å². The lowest BCUT2D eigenvalue weighted by molar-refractivity contribution is 0.477. The third-order valence-corrected chi connectivity index (χ3v) is 6.25. The smallest absolute Gasteiger partial charge is 0.233 e. The van der Waals surface area contributed by atoms with E-state index in [1.807, 2.05) is 30.3 Å². The maximum atomic E-state index is 10.4. The number of aromatic hydroxyl groups is 1. The normalized spacial score (nSPS) is 14.2. The van der Waals surface area contributed by atoms with E-state index in [1.54, 1.807) is 12.1 Å². The zero-order valence-electron chi connectivity index (χ0n) is 16.0. The van der Waals surface area contributed by atoms with Crippen LogP contribution in [0.2, 0.25) is 5.28 Å². The standard InChI is InChI=1S/C21H19ClN6OS/c22-19-25-20(27-21(26-19)28-10-4-1-5-11-28)23-13-8-9-16(29)14(12-13)18-24-15-6-2-3-7-17(15)30-18/h2-3,6-9,12,29H,1,4-5,10-11H2,(H,23,25,26,27). The molecule has 0 aliphatic carbocycles. The van der Waals surface area contributed by atoms with Gasteiger partial charge >= 0.3 is 0 Å². The molecule has 5 rings (SSSR count). The van der Waals surface area contributed by atoms with Gasteiger partial charge in [0.1, 0.15) is 10.8 Å². The Hall–Kier alpha value is -2.97. The molecule has 30 heavy (non-hydrogen) atoms. The molecule has 2 N–H and O–H groups in total. The molecule has 9 heteroatoms. The molecule has 0 spiro atoms. The van der Waals surface area contributed by atoms with Crippen LogP contribution in [0.5, 0.6) is 5.75 Å². The quantitative estimate of drug-likeness (QED) is 0.421. The predicted octanol–water partition coefficient (Wildman–Crippen LogP) is 5.24. The Morgan fingerprint density at radius 3 is 2.63 bits per heavy atom. The Kier molecular flexibility index (Phi) is 5.10. The fourth-order valence-electron chi connectivity index (χ4n) is 3.53. The maximum Gasteiger partial charge on any atom is 0.233 e. The van der Waals surface area contributed by atoms with Crippen molar-refractivity contribution in [2.45, 2.75) is 19.3 Å². The minimum atomic E-state index is 0.151. The van der Waals surface area contributed by atoms with Crippen LogP contribution >= 0.6 is 22.9 Å². The Bertz CT molecular complexity index is 1170. The van der Waals surface area contributed by atoms with Crippen molar-refractivity contribution in [1.82, 2.24) is 19.9 Å². The first-order valence-corrected chi connectivity index (χ1v) is 11.0. The molecule has 152 valence electrons. The van der Waals surface area contributed by atoms with Crippen molar-refractivity contribution in [1.29, 1.82) is 0 Å². The SMILES string of the molecule is Oc1ccc(Nc2nc(Cl)nc(N3CCCCC3)n2)cc1-c1nc2ccccc2s1. The zero-order chi connectivity index (χ0) is 20.5. The first-order valence-electron chi connectivity index (χ1n) is 9.78. The first-order chi connectivity index (χ1) is 14.7. The zero-order valence-corrected chi connectivity index (χ0v) is 17.6. The van der Waals surface area contributed by atoms with Crippen LogP contribution in [-0.4, -0.2) is 38.1 Å². The maximum absolute atomic E-state index is 10.4. The van der Waals surface area contributed by atoms with E-state index >= 15 is 0 Å². The summed E-state index contributed by atoms with van der Waals surface area (Å²) < 4.78 is 1.07. The van der Waals surface area contributed by atoms with Crippen LogP contribution in [0.4, 0.5) is 17.6 Å². The van der Waals surface area contributed by atoms with Crippen LogP contribution in [-0.2, 0) is 0 Å². The summed E-state index contributed by atoms with van der Waals surface area (Å²) in [4.78, 5) is 19.8. The van der Waals surface area contributed by atoms with Crippen LogP contribution in [0.3, 0.4) is 0 Å². The summed E-state index contributed by atoms with van der Waals surface area (Å²) in [7, 11) is 0. The molecule has 2 aromatic carbocycles. The summed E-state index contributed by atoms with van der Waals surface area (Å²) in [5, 5.41) is 14.5. The summed E-state index contributed by atoms with van der Waals surface area (Å²) in [6.07, 6.45) is 3.47. The van der Waals surface area contributed by atoms with Crippen molar-refractivity contribution in [3.63, 3.8) is 0 Å². The van der Waals surface area contributed by atoms with Gasteiger partial charge in [0.05, 0.1) is 15.8 Å². The van der Waals surface area contributed by atoms with Gasteiger partial charge in [0.15, 0.2) is 0 Å². The summed E-state index contributed by atoms with van der Waals surface area (Å²) >= 11 is 7.69. The molecule has 0 saturated carbocycles. The number of nitrogens with zero attached hydrogens (tertiary/aromatic N) is 5. The van der Waals surface area contributed by atoms with Crippen molar-refractivity contribution < 1.29 is 5.11 Å². The van der Waals surface area contributed by atoms with Crippen molar-refractivity contribution in [3.05, 3.63) is 47.7 Å². The fourth-order valence-corrected chi connectivity index (χ4v) is 4.68. The number of rotatable bonds is 4. The predicted molar refractivity (Wildman–Crippen MR) is 121 cm³/mol. The Balaban J connectivity index is 1.45. The minimum Gasteiger partial charge on any atom is -0.507 e. The van der Waals surface area contributed by atoms with Crippen LogP contribution in [0.15, 0.2) is 42.5 Å². The van der Waals surface area contributed by atoms with E-state index in [1.165, 1.54) is 17.8 Å². The topological polar surface area (TPSA) is 87.1 Å². The van der Waals surface area contributed by atoms with Crippen LogP contribution in [0, 0.1) is 0 Å². The van der Waals surface area contributed by atoms with Gasteiger partial charge in [-0.25, -0.2) is 4.98 Å².